The van der Waals surface area contributed by atoms with E-state index in [9.17, 15) is 14.7 Å². The first-order valence-electron chi connectivity index (χ1n) is 6.87. The summed E-state index contributed by atoms with van der Waals surface area (Å²) in [4.78, 5) is 22.5. The zero-order valence-corrected chi connectivity index (χ0v) is 13.3. The second-order valence-corrected chi connectivity index (χ2v) is 6.41. The molecule has 4 N–H and O–H groups in total. The quantitative estimate of drug-likeness (QED) is 0.748. The highest BCUT2D eigenvalue weighted by Crippen LogP contribution is 2.31. The molecule has 0 heterocycles. The highest BCUT2D eigenvalue weighted by atomic mass is 16.4. The highest BCUT2D eigenvalue weighted by Gasteiger charge is 2.43. The number of amides is 1. The van der Waals surface area contributed by atoms with Crippen LogP contribution in [0.4, 0.5) is 0 Å². The van der Waals surface area contributed by atoms with Crippen LogP contribution in [0.1, 0.15) is 49.2 Å². The van der Waals surface area contributed by atoms with Gasteiger partial charge in [-0.15, -0.1) is 0 Å². The number of benzene rings is 1. The van der Waals surface area contributed by atoms with E-state index in [4.69, 9.17) is 5.73 Å². The van der Waals surface area contributed by atoms with Crippen molar-refractivity contribution in [1.82, 2.24) is 5.32 Å². The van der Waals surface area contributed by atoms with Crippen molar-refractivity contribution in [2.45, 2.75) is 46.7 Å². The summed E-state index contributed by atoms with van der Waals surface area (Å²) < 4.78 is 0. The third kappa shape index (κ3) is 3.61. The SMILES string of the molecule is Cc1cc(C(N)=O)ccc1CNC(C)(C)C(C)(C)C(=O)O. The molecule has 1 aromatic carbocycles. The Morgan fingerprint density at radius 1 is 1.24 bits per heavy atom. The van der Waals surface area contributed by atoms with Gasteiger partial charge in [-0.2, -0.15) is 0 Å². The number of carbonyl (C=O) groups is 2. The summed E-state index contributed by atoms with van der Waals surface area (Å²) >= 11 is 0. The molecule has 1 rings (SSSR count). The first-order valence-corrected chi connectivity index (χ1v) is 6.87. The maximum absolute atomic E-state index is 11.4. The molecular formula is C16H24N2O3. The molecule has 0 saturated carbocycles. The highest BCUT2D eigenvalue weighted by molar-refractivity contribution is 5.93. The molecule has 0 aromatic heterocycles. The molecule has 0 aliphatic heterocycles. The van der Waals surface area contributed by atoms with Crippen molar-refractivity contribution >= 4 is 11.9 Å². The molecule has 0 saturated heterocycles. The van der Waals surface area contributed by atoms with Gasteiger partial charge in [-0.25, -0.2) is 0 Å². The number of hydrogen-bond acceptors (Lipinski definition) is 3. The number of aryl methyl sites for hydroxylation is 1. The fourth-order valence-corrected chi connectivity index (χ4v) is 1.85. The van der Waals surface area contributed by atoms with E-state index in [1.165, 1.54) is 0 Å². The van der Waals surface area contributed by atoms with Crippen LogP contribution in [0.2, 0.25) is 0 Å². The van der Waals surface area contributed by atoms with Gasteiger partial charge in [0.1, 0.15) is 0 Å². The predicted molar refractivity (Wildman–Crippen MR) is 82.0 cm³/mol. The Kier molecular flexibility index (Phi) is 4.79. The summed E-state index contributed by atoms with van der Waals surface area (Å²) in [7, 11) is 0. The van der Waals surface area contributed by atoms with Gasteiger partial charge in [0.15, 0.2) is 0 Å². The lowest BCUT2D eigenvalue weighted by Crippen LogP contribution is -2.54. The topological polar surface area (TPSA) is 92.4 Å². The summed E-state index contributed by atoms with van der Waals surface area (Å²) in [5.41, 5.74) is 6.18. The molecule has 0 aliphatic rings. The third-order valence-corrected chi connectivity index (χ3v) is 4.45. The molecule has 0 bridgehead atoms. The Hall–Kier alpha value is -1.88. The van der Waals surface area contributed by atoms with Crippen LogP contribution >= 0.6 is 0 Å². The summed E-state index contributed by atoms with van der Waals surface area (Å²) in [5, 5.41) is 12.6. The van der Waals surface area contributed by atoms with Gasteiger partial charge < -0.3 is 16.2 Å². The molecule has 0 aliphatic carbocycles. The summed E-state index contributed by atoms with van der Waals surface area (Å²) in [6, 6.07) is 5.27. The normalized spacial score (nSPS) is 12.2. The molecule has 21 heavy (non-hydrogen) atoms. The van der Waals surface area contributed by atoms with Crippen molar-refractivity contribution in [2.24, 2.45) is 11.1 Å². The van der Waals surface area contributed by atoms with Crippen molar-refractivity contribution in [3.63, 3.8) is 0 Å². The molecule has 5 heteroatoms. The van der Waals surface area contributed by atoms with Gasteiger partial charge in [-0.05, 0) is 57.9 Å². The van der Waals surface area contributed by atoms with Crippen LogP contribution in [0.5, 0.6) is 0 Å². The largest absolute Gasteiger partial charge is 0.481 e. The van der Waals surface area contributed by atoms with Gasteiger partial charge >= 0.3 is 5.97 Å². The lowest BCUT2D eigenvalue weighted by molar-refractivity contribution is -0.151. The van der Waals surface area contributed by atoms with Gasteiger partial charge in [0.25, 0.3) is 0 Å². The monoisotopic (exact) mass is 292 g/mol. The molecule has 5 nitrogen and oxygen atoms in total. The van der Waals surface area contributed by atoms with Crippen LogP contribution in [0.3, 0.4) is 0 Å². The molecule has 1 aromatic rings. The van der Waals surface area contributed by atoms with E-state index < -0.39 is 22.8 Å². The first kappa shape index (κ1) is 17.2. The standard InChI is InChI=1S/C16H24N2O3/c1-10-8-11(13(17)19)6-7-12(10)9-18-16(4,5)15(2,3)14(20)21/h6-8,18H,9H2,1-5H3,(H2,17,19)(H,20,21). The smallest absolute Gasteiger partial charge is 0.310 e. The van der Waals surface area contributed by atoms with Crippen molar-refractivity contribution < 1.29 is 14.7 Å². The first-order chi connectivity index (χ1) is 9.49. The van der Waals surface area contributed by atoms with E-state index in [0.717, 1.165) is 11.1 Å². The Morgan fingerprint density at radius 2 is 1.81 bits per heavy atom. The van der Waals surface area contributed by atoms with E-state index in [2.05, 4.69) is 5.32 Å². The van der Waals surface area contributed by atoms with E-state index >= 15 is 0 Å². The number of primary amides is 1. The third-order valence-electron chi connectivity index (χ3n) is 4.45. The molecule has 1 amide bonds. The fourth-order valence-electron chi connectivity index (χ4n) is 1.85. The van der Waals surface area contributed by atoms with Crippen LogP contribution in [0.15, 0.2) is 18.2 Å². The van der Waals surface area contributed by atoms with Crippen molar-refractivity contribution in [2.75, 3.05) is 0 Å². The predicted octanol–water partition coefficient (Wildman–Crippen LogP) is 2.07. The number of aliphatic carboxylic acids is 1. The van der Waals surface area contributed by atoms with E-state index in [1.54, 1.807) is 26.0 Å². The average molecular weight is 292 g/mol. The lowest BCUT2D eigenvalue weighted by Gasteiger charge is -2.39. The maximum atomic E-state index is 11.4. The minimum absolute atomic E-state index is 0.454. The summed E-state index contributed by atoms with van der Waals surface area (Å²) in [6.45, 7) is 9.56. The van der Waals surface area contributed by atoms with Gasteiger partial charge in [-0.1, -0.05) is 6.07 Å². The number of carboxylic acids is 1. The molecule has 0 spiro atoms. The van der Waals surface area contributed by atoms with Crippen molar-refractivity contribution in [1.29, 1.82) is 0 Å². The van der Waals surface area contributed by atoms with Crippen LogP contribution in [0, 0.1) is 12.3 Å². The second-order valence-electron chi connectivity index (χ2n) is 6.41. The zero-order chi connectivity index (χ0) is 16.4. The van der Waals surface area contributed by atoms with Gasteiger partial charge in [0, 0.05) is 17.6 Å². The van der Waals surface area contributed by atoms with Crippen LogP contribution in [0.25, 0.3) is 0 Å². The maximum Gasteiger partial charge on any atom is 0.310 e. The van der Waals surface area contributed by atoms with Gasteiger partial charge in [-0.3, -0.25) is 9.59 Å². The number of carbonyl (C=O) groups excluding carboxylic acids is 1. The van der Waals surface area contributed by atoms with Gasteiger partial charge in [0.2, 0.25) is 5.91 Å². The van der Waals surface area contributed by atoms with Crippen molar-refractivity contribution in [3.05, 3.63) is 34.9 Å². The minimum atomic E-state index is -0.909. The number of hydrogen-bond donors (Lipinski definition) is 3. The molecule has 0 fully saturated rings. The Bertz CT molecular complexity index is 563. The Balaban J connectivity index is 2.89. The molecule has 0 unspecified atom stereocenters. The zero-order valence-electron chi connectivity index (χ0n) is 13.3. The Morgan fingerprint density at radius 3 is 2.24 bits per heavy atom. The van der Waals surface area contributed by atoms with E-state index in [-0.39, 0.29) is 0 Å². The van der Waals surface area contributed by atoms with Crippen LogP contribution in [-0.4, -0.2) is 22.5 Å². The number of carboxylic acid groups (broad SMARTS) is 1. The summed E-state index contributed by atoms with van der Waals surface area (Å²) in [5.74, 6) is -1.30. The van der Waals surface area contributed by atoms with Crippen LogP contribution in [-0.2, 0) is 11.3 Å². The molecule has 0 radical (unpaired) electrons. The number of nitrogens with one attached hydrogen (secondary N) is 1. The molecular weight excluding hydrogens is 268 g/mol. The van der Waals surface area contributed by atoms with Gasteiger partial charge in [0.05, 0.1) is 5.41 Å². The number of nitrogens with two attached hydrogens (primary N) is 1. The lowest BCUT2D eigenvalue weighted by atomic mass is 9.74. The fraction of sp³-hybridized carbons (Fsp3) is 0.500. The molecule has 0 atom stereocenters. The van der Waals surface area contributed by atoms with E-state index in [0.29, 0.717) is 12.1 Å². The van der Waals surface area contributed by atoms with Crippen LogP contribution < -0.4 is 11.1 Å². The van der Waals surface area contributed by atoms with Crippen molar-refractivity contribution in [3.8, 4) is 0 Å². The Labute approximate surface area is 125 Å². The second kappa shape index (κ2) is 5.85. The number of rotatable bonds is 6. The summed E-state index contributed by atoms with van der Waals surface area (Å²) in [6.07, 6.45) is 0. The average Bonchev–Trinajstić information content (AvgIpc) is 2.36. The van der Waals surface area contributed by atoms with E-state index in [1.807, 2.05) is 26.8 Å². The minimum Gasteiger partial charge on any atom is -0.481 e. The molecule has 116 valence electrons.